The first-order chi connectivity index (χ1) is 9.94. The molecular formula is C12H8F6N2O2. The number of aromatic nitrogens is 2. The number of aliphatic carboxylic acids is 1. The maximum Gasteiger partial charge on any atom is 0.411 e. The molecule has 0 atom stereocenters. The van der Waals surface area contributed by atoms with Gasteiger partial charge in [0.25, 0.3) is 0 Å². The normalized spacial score (nSPS) is 13.6. The standard InChI is InChI=1S/C12H8F6N2O2/c1-20-7-5-3-2-4-6(7)19-8(20)10(13,14)12(17,18)11(15,16)9(21)22/h2-5H,1H3,(H,21,22). The van der Waals surface area contributed by atoms with E-state index in [2.05, 4.69) is 4.98 Å². The van der Waals surface area contributed by atoms with Gasteiger partial charge in [-0.15, -0.1) is 0 Å². The molecule has 1 heterocycles. The highest BCUT2D eigenvalue weighted by atomic mass is 19.3. The zero-order valence-corrected chi connectivity index (χ0v) is 10.8. The minimum absolute atomic E-state index is 0.00613. The molecule has 0 saturated heterocycles. The van der Waals surface area contributed by atoms with Gasteiger partial charge in [-0.2, -0.15) is 26.3 Å². The van der Waals surface area contributed by atoms with Crippen LogP contribution in [0.5, 0.6) is 0 Å². The van der Waals surface area contributed by atoms with Crippen LogP contribution in [0.1, 0.15) is 5.82 Å². The van der Waals surface area contributed by atoms with Crippen LogP contribution in [0.25, 0.3) is 11.0 Å². The van der Waals surface area contributed by atoms with E-state index in [1.54, 1.807) is 0 Å². The van der Waals surface area contributed by atoms with Gasteiger partial charge in [-0.05, 0) is 12.1 Å². The predicted molar refractivity (Wildman–Crippen MR) is 62.1 cm³/mol. The SMILES string of the molecule is Cn1c(C(F)(F)C(F)(F)C(F)(F)C(=O)O)nc2ccccc21. The maximum atomic E-state index is 13.9. The number of alkyl halides is 6. The van der Waals surface area contributed by atoms with Crippen molar-refractivity contribution in [2.45, 2.75) is 17.8 Å². The molecule has 0 aliphatic heterocycles. The van der Waals surface area contributed by atoms with Gasteiger partial charge < -0.3 is 9.67 Å². The number of imidazole rings is 1. The number of fused-ring (bicyclic) bond motifs is 1. The van der Waals surface area contributed by atoms with Gasteiger partial charge in [-0.3, -0.25) is 0 Å². The summed E-state index contributed by atoms with van der Waals surface area (Å²) in [6.45, 7) is 0. The van der Waals surface area contributed by atoms with Crippen molar-refractivity contribution < 1.29 is 36.2 Å². The van der Waals surface area contributed by atoms with Gasteiger partial charge >= 0.3 is 23.7 Å². The second kappa shape index (κ2) is 4.62. The first-order valence-corrected chi connectivity index (χ1v) is 5.73. The number of para-hydroxylation sites is 2. The third-order valence-corrected chi connectivity index (χ3v) is 3.13. The number of halogens is 6. The fourth-order valence-corrected chi connectivity index (χ4v) is 1.90. The molecule has 0 aliphatic rings. The number of rotatable bonds is 4. The molecule has 0 spiro atoms. The van der Waals surface area contributed by atoms with E-state index in [-0.39, 0.29) is 11.0 Å². The molecule has 4 nitrogen and oxygen atoms in total. The molecule has 0 unspecified atom stereocenters. The van der Waals surface area contributed by atoms with Crippen LogP contribution < -0.4 is 0 Å². The quantitative estimate of drug-likeness (QED) is 0.879. The molecular weight excluding hydrogens is 318 g/mol. The highest BCUT2D eigenvalue weighted by Crippen LogP contribution is 2.51. The van der Waals surface area contributed by atoms with Crippen molar-refractivity contribution >= 4 is 17.0 Å². The third-order valence-electron chi connectivity index (χ3n) is 3.13. The number of benzene rings is 1. The second-order valence-electron chi connectivity index (χ2n) is 4.51. The molecule has 1 aromatic carbocycles. The van der Waals surface area contributed by atoms with Gasteiger partial charge in [0.2, 0.25) is 0 Å². The number of carbonyl (C=O) groups is 1. The molecule has 120 valence electrons. The van der Waals surface area contributed by atoms with Crippen LogP contribution in [0.3, 0.4) is 0 Å². The molecule has 10 heteroatoms. The van der Waals surface area contributed by atoms with Gasteiger partial charge in [0.15, 0.2) is 5.82 Å². The summed E-state index contributed by atoms with van der Waals surface area (Å²) in [5, 5.41) is 8.11. The van der Waals surface area contributed by atoms with Crippen molar-refractivity contribution in [3.63, 3.8) is 0 Å². The number of nitrogens with zero attached hydrogens (tertiary/aromatic N) is 2. The number of hydrogen-bond donors (Lipinski definition) is 1. The lowest BCUT2D eigenvalue weighted by Gasteiger charge is -2.29. The smallest absolute Gasteiger partial charge is 0.411 e. The average Bonchev–Trinajstić information content (AvgIpc) is 2.76. The van der Waals surface area contributed by atoms with Crippen molar-refractivity contribution in [3.05, 3.63) is 30.1 Å². The van der Waals surface area contributed by atoms with Crippen molar-refractivity contribution in [2.24, 2.45) is 7.05 Å². The molecule has 22 heavy (non-hydrogen) atoms. The lowest BCUT2D eigenvalue weighted by atomic mass is 10.0. The molecule has 0 bridgehead atoms. The Kier molecular flexibility index (Phi) is 3.38. The summed E-state index contributed by atoms with van der Waals surface area (Å²) >= 11 is 0. The summed E-state index contributed by atoms with van der Waals surface area (Å²) in [4.78, 5) is 13.4. The van der Waals surface area contributed by atoms with Gasteiger partial charge in [-0.1, -0.05) is 12.1 Å². The zero-order chi connectivity index (χ0) is 16.9. The van der Waals surface area contributed by atoms with E-state index in [9.17, 15) is 31.1 Å². The van der Waals surface area contributed by atoms with Crippen LogP contribution in [-0.4, -0.2) is 32.5 Å². The lowest BCUT2D eigenvalue weighted by Crippen LogP contribution is -2.57. The monoisotopic (exact) mass is 326 g/mol. The fraction of sp³-hybridized carbons (Fsp3) is 0.333. The first-order valence-electron chi connectivity index (χ1n) is 5.73. The van der Waals surface area contributed by atoms with Gasteiger partial charge in [0, 0.05) is 7.05 Å². The molecule has 2 rings (SSSR count). The van der Waals surface area contributed by atoms with Crippen molar-refractivity contribution in [2.75, 3.05) is 0 Å². The Bertz CT molecular complexity index is 740. The van der Waals surface area contributed by atoms with E-state index in [4.69, 9.17) is 5.11 Å². The highest BCUT2D eigenvalue weighted by molar-refractivity contribution is 5.78. The summed E-state index contributed by atoms with van der Waals surface area (Å²) in [5.74, 6) is -22.6. The van der Waals surface area contributed by atoms with E-state index in [1.165, 1.54) is 24.3 Å². The Hall–Kier alpha value is -2.26. The van der Waals surface area contributed by atoms with E-state index in [0.29, 0.717) is 4.57 Å². The van der Waals surface area contributed by atoms with Crippen molar-refractivity contribution in [3.8, 4) is 0 Å². The Morgan fingerprint density at radius 3 is 2.18 bits per heavy atom. The largest absolute Gasteiger partial charge is 0.477 e. The Balaban J connectivity index is 2.66. The molecule has 0 aliphatic carbocycles. The Morgan fingerprint density at radius 2 is 1.68 bits per heavy atom. The summed E-state index contributed by atoms with van der Waals surface area (Å²) in [6.07, 6.45) is 0. The third kappa shape index (κ3) is 1.93. The van der Waals surface area contributed by atoms with E-state index >= 15 is 0 Å². The number of hydrogen-bond acceptors (Lipinski definition) is 2. The fourth-order valence-electron chi connectivity index (χ4n) is 1.90. The van der Waals surface area contributed by atoms with Gasteiger partial charge in [0.1, 0.15) is 0 Å². The molecule has 1 N–H and O–H groups in total. The lowest BCUT2D eigenvalue weighted by molar-refractivity contribution is -0.311. The molecule has 1 aromatic heterocycles. The zero-order valence-electron chi connectivity index (χ0n) is 10.8. The average molecular weight is 326 g/mol. The van der Waals surface area contributed by atoms with Gasteiger partial charge in [0.05, 0.1) is 11.0 Å². The predicted octanol–water partition coefficient (Wildman–Crippen LogP) is 3.02. The molecule has 0 fully saturated rings. The van der Waals surface area contributed by atoms with Crippen LogP contribution in [-0.2, 0) is 17.8 Å². The summed E-state index contributed by atoms with van der Waals surface area (Å²) in [5.41, 5.74) is -0.110. The van der Waals surface area contributed by atoms with Crippen LogP contribution in [0.15, 0.2) is 24.3 Å². The van der Waals surface area contributed by atoms with Crippen LogP contribution in [0.2, 0.25) is 0 Å². The molecule has 0 amide bonds. The van der Waals surface area contributed by atoms with Crippen LogP contribution >= 0.6 is 0 Å². The number of carboxylic acids is 1. The highest BCUT2D eigenvalue weighted by Gasteiger charge is 2.77. The topological polar surface area (TPSA) is 55.1 Å². The molecule has 0 saturated carbocycles. The number of aryl methyl sites for hydroxylation is 1. The Labute approximate surface area is 119 Å². The summed E-state index contributed by atoms with van der Waals surface area (Å²) < 4.78 is 81.4. The molecule has 2 aromatic rings. The summed E-state index contributed by atoms with van der Waals surface area (Å²) in [6, 6.07) is 5.30. The van der Waals surface area contributed by atoms with Crippen molar-refractivity contribution in [1.82, 2.24) is 9.55 Å². The van der Waals surface area contributed by atoms with E-state index < -0.39 is 29.6 Å². The van der Waals surface area contributed by atoms with E-state index in [0.717, 1.165) is 7.05 Å². The first kappa shape index (κ1) is 16.1. The van der Waals surface area contributed by atoms with Crippen molar-refractivity contribution in [1.29, 1.82) is 0 Å². The minimum Gasteiger partial charge on any atom is -0.477 e. The number of carboxylic acid groups (broad SMARTS) is 1. The maximum absolute atomic E-state index is 13.9. The molecule has 0 radical (unpaired) electrons. The van der Waals surface area contributed by atoms with Crippen LogP contribution in [0, 0.1) is 0 Å². The van der Waals surface area contributed by atoms with Gasteiger partial charge in [-0.25, -0.2) is 9.78 Å². The second-order valence-corrected chi connectivity index (χ2v) is 4.51. The Morgan fingerprint density at radius 1 is 1.14 bits per heavy atom. The minimum atomic E-state index is -6.17. The summed E-state index contributed by atoms with van der Waals surface area (Å²) in [7, 11) is 0.938. The van der Waals surface area contributed by atoms with Crippen LogP contribution in [0.4, 0.5) is 26.3 Å². The van der Waals surface area contributed by atoms with E-state index in [1.807, 2.05) is 0 Å².